The van der Waals surface area contributed by atoms with Gasteiger partial charge in [-0.25, -0.2) is 0 Å². The highest BCUT2D eigenvalue weighted by Crippen LogP contribution is 2.22. The summed E-state index contributed by atoms with van der Waals surface area (Å²) in [5, 5.41) is 5.74. The van der Waals surface area contributed by atoms with Gasteiger partial charge in [-0.15, -0.1) is 11.3 Å². The normalized spacial score (nSPS) is 29.3. The first-order valence-electron chi connectivity index (χ1n) is 5.18. The van der Waals surface area contributed by atoms with Gasteiger partial charge in [0.25, 0.3) is 0 Å². The number of nitrogens with one attached hydrogen (secondary N) is 1. The Bertz CT molecular complexity index is 273. The Kier molecular flexibility index (Phi) is 3.21. The SMILES string of the molecule is CC1OCCC1N[C@H](C)c1cccs1. The molecule has 1 aromatic rings. The second-order valence-electron chi connectivity index (χ2n) is 3.87. The van der Waals surface area contributed by atoms with Crippen molar-refractivity contribution in [3.8, 4) is 0 Å². The van der Waals surface area contributed by atoms with Crippen LogP contribution in [0.15, 0.2) is 17.5 Å². The lowest BCUT2D eigenvalue weighted by Gasteiger charge is -2.20. The molecule has 3 atom stereocenters. The predicted molar refractivity (Wildman–Crippen MR) is 59.7 cm³/mol. The van der Waals surface area contributed by atoms with Gasteiger partial charge in [-0.05, 0) is 31.7 Å². The maximum atomic E-state index is 5.52. The largest absolute Gasteiger partial charge is 0.377 e. The predicted octanol–water partition coefficient (Wildman–Crippen LogP) is 2.58. The van der Waals surface area contributed by atoms with E-state index in [-0.39, 0.29) is 0 Å². The highest BCUT2D eigenvalue weighted by atomic mass is 32.1. The van der Waals surface area contributed by atoms with Crippen LogP contribution in [0, 0.1) is 0 Å². The fourth-order valence-corrected chi connectivity index (χ4v) is 2.64. The minimum absolute atomic E-state index is 0.359. The fraction of sp³-hybridized carbons (Fsp3) is 0.636. The molecule has 0 aliphatic carbocycles. The van der Waals surface area contributed by atoms with Gasteiger partial charge in [0.2, 0.25) is 0 Å². The summed E-state index contributed by atoms with van der Waals surface area (Å²) in [6.07, 6.45) is 1.49. The molecule has 78 valence electrons. The van der Waals surface area contributed by atoms with Crippen molar-refractivity contribution in [3.05, 3.63) is 22.4 Å². The summed E-state index contributed by atoms with van der Waals surface area (Å²) in [4.78, 5) is 1.41. The van der Waals surface area contributed by atoms with Crippen LogP contribution >= 0.6 is 11.3 Å². The number of thiophene rings is 1. The number of ether oxygens (including phenoxy) is 1. The van der Waals surface area contributed by atoms with E-state index < -0.39 is 0 Å². The van der Waals surface area contributed by atoms with Crippen LogP contribution in [0.4, 0.5) is 0 Å². The van der Waals surface area contributed by atoms with Gasteiger partial charge in [0.1, 0.15) is 0 Å². The average molecular weight is 211 g/mol. The van der Waals surface area contributed by atoms with Gasteiger partial charge in [0, 0.05) is 23.6 Å². The maximum absolute atomic E-state index is 5.52. The summed E-state index contributed by atoms with van der Waals surface area (Å²) in [7, 11) is 0. The molecule has 1 aromatic heterocycles. The van der Waals surface area contributed by atoms with E-state index in [1.165, 1.54) is 4.88 Å². The van der Waals surface area contributed by atoms with Crippen LogP contribution in [-0.4, -0.2) is 18.8 Å². The van der Waals surface area contributed by atoms with E-state index in [4.69, 9.17) is 4.74 Å². The van der Waals surface area contributed by atoms with E-state index in [2.05, 4.69) is 36.7 Å². The Balaban J connectivity index is 1.91. The first-order chi connectivity index (χ1) is 6.77. The molecule has 2 unspecified atom stereocenters. The quantitative estimate of drug-likeness (QED) is 0.829. The van der Waals surface area contributed by atoms with E-state index in [0.717, 1.165) is 13.0 Å². The molecule has 0 saturated carbocycles. The topological polar surface area (TPSA) is 21.3 Å². The standard InChI is InChI=1S/C11H17NOS/c1-8(11-4-3-7-14-11)12-10-5-6-13-9(10)2/h3-4,7-10,12H,5-6H2,1-2H3/t8-,9?,10?/m1/s1. The molecule has 2 rings (SSSR count). The van der Waals surface area contributed by atoms with Crippen molar-refractivity contribution in [1.82, 2.24) is 5.32 Å². The van der Waals surface area contributed by atoms with Gasteiger partial charge in [-0.1, -0.05) is 6.07 Å². The van der Waals surface area contributed by atoms with Crippen molar-refractivity contribution < 1.29 is 4.74 Å². The summed E-state index contributed by atoms with van der Waals surface area (Å²) in [6.45, 7) is 5.26. The zero-order valence-electron chi connectivity index (χ0n) is 8.69. The summed E-state index contributed by atoms with van der Waals surface area (Å²) < 4.78 is 5.52. The molecule has 1 saturated heterocycles. The molecule has 0 radical (unpaired) electrons. The summed E-state index contributed by atoms with van der Waals surface area (Å²) >= 11 is 1.81. The Hall–Kier alpha value is -0.380. The van der Waals surface area contributed by atoms with Gasteiger partial charge < -0.3 is 10.1 Å². The molecule has 2 heterocycles. The molecule has 0 spiro atoms. The third kappa shape index (κ3) is 2.16. The Morgan fingerprint density at radius 2 is 2.50 bits per heavy atom. The molecule has 1 aliphatic rings. The van der Waals surface area contributed by atoms with E-state index in [9.17, 15) is 0 Å². The lowest BCUT2D eigenvalue weighted by molar-refractivity contribution is 0.111. The van der Waals surface area contributed by atoms with Crippen LogP contribution in [0.5, 0.6) is 0 Å². The first kappa shape index (κ1) is 10.1. The van der Waals surface area contributed by atoms with Crippen LogP contribution in [0.2, 0.25) is 0 Å². The highest BCUT2D eigenvalue weighted by Gasteiger charge is 2.25. The lowest BCUT2D eigenvalue weighted by Crippen LogP contribution is -2.36. The molecule has 2 nitrogen and oxygen atoms in total. The fourth-order valence-electron chi connectivity index (χ4n) is 1.89. The van der Waals surface area contributed by atoms with Crippen molar-refractivity contribution in [2.45, 2.75) is 38.5 Å². The third-order valence-corrected chi connectivity index (χ3v) is 3.87. The third-order valence-electron chi connectivity index (χ3n) is 2.81. The van der Waals surface area contributed by atoms with Gasteiger partial charge in [0.15, 0.2) is 0 Å². The van der Waals surface area contributed by atoms with Crippen molar-refractivity contribution in [1.29, 1.82) is 0 Å². The monoisotopic (exact) mass is 211 g/mol. The van der Waals surface area contributed by atoms with Crippen LogP contribution < -0.4 is 5.32 Å². The zero-order chi connectivity index (χ0) is 9.97. The van der Waals surface area contributed by atoms with Crippen molar-refractivity contribution in [2.75, 3.05) is 6.61 Å². The number of hydrogen-bond acceptors (Lipinski definition) is 3. The molecule has 0 amide bonds. The second-order valence-corrected chi connectivity index (χ2v) is 4.85. The van der Waals surface area contributed by atoms with Crippen LogP contribution in [-0.2, 0) is 4.74 Å². The van der Waals surface area contributed by atoms with Gasteiger partial charge >= 0.3 is 0 Å². The molecule has 14 heavy (non-hydrogen) atoms. The Morgan fingerprint density at radius 3 is 3.07 bits per heavy atom. The number of rotatable bonds is 3. The van der Waals surface area contributed by atoms with Crippen LogP contribution in [0.25, 0.3) is 0 Å². The molecule has 0 aromatic carbocycles. The van der Waals surface area contributed by atoms with E-state index >= 15 is 0 Å². The van der Waals surface area contributed by atoms with Crippen LogP contribution in [0.1, 0.15) is 31.2 Å². The van der Waals surface area contributed by atoms with Crippen molar-refractivity contribution >= 4 is 11.3 Å². The van der Waals surface area contributed by atoms with Gasteiger partial charge in [-0.3, -0.25) is 0 Å². The Labute approximate surface area is 89.3 Å². The minimum atomic E-state index is 0.359. The molecule has 1 fully saturated rings. The first-order valence-corrected chi connectivity index (χ1v) is 6.06. The summed E-state index contributed by atoms with van der Waals surface area (Å²) in [5.41, 5.74) is 0. The van der Waals surface area contributed by atoms with E-state index in [1.807, 2.05) is 11.3 Å². The summed E-state index contributed by atoms with van der Waals surface area (Å²) in [6, 6.07) is 5.26. The minimum Gasteiger partial charge on any atom is -0.377 e. The second kappa shape index (κ2) is 4.43. The molecule has 1 N–H and O–H groups in total. The molecule has 0 bridgehead atoms. The van der Waals surface area contributed by atoms with Crippen LogP contribution in [0.3, 0.4) is 0 Å². The molecular formula is C11H17NOS. The molecular weight excluding hydrogens is 194 g/mol. The maximum Gasteiger partial charge on any atom is 0.0700 e. The van der Waals surface area contributed by atoms with Gasteiger partial charge in [0.05, 0.1) is 6.10 Å². The van der Waals surface area contributed by atoms with Crippen molar-refractivity contribution in [3.63, 3.8) is 0 Å². The van der Waals surface area contributed by atoms with E-state index in [1.54, 1.807) is 0 Å². The number of hydrogen-bond donors (Lipinski definition) is 1. The molecule has 3 heteroatoms. The van der Waals surface area contributed by atoms with E-state index in [0.29, 0.717) is 18.2 Å². The lowest BCUT2D eigenvalue weighted by atomic mass is 10.1. The molecule has 1 aliphatic heterocycles. The smallest absolute Gasteiger partial charge is 0.0700 e. The van der Waals surface area contributed by atoms with Gasteiger partial charge in [-0.2, -0.15) is 0 Å². The average Bonchev–Trinajstić information content (AvgIpc) is 2.77. The van der Waals surface area contributed by atoms with Crippen molar-refractivity contribution in [2.24, 2.45) is 0 Å². The zero-order valence-corrected chi connectivity index (χ0v) is 9.51. The Morgan fingerprint density at radius 1 is 1.64 bits per heavy atom. The highest BCUT2D eigenvalue weighted by molar-refractivity contribution is 7.10. The summed E-state index contributed by atoms with van der Waals surface area (Å²) in [5.74, 6) is 0.